The van der Waals surface area contributed by atoms with Gasteiger partial charge >= 0.3 is 160 Å². The molecular formula is C18H14N2O6Se. The van der Waals surface area contributed by atoms with E-state index < -0.39 is 16.8 Å². The van der Waals surface area contributed by atoms with Crippen molar-refractivity contribution in [1.29, 1.82) is 0 Å². The van der Waals surface area contributed by atoms with E-state index in [0.717, 1.165) is 16.6 Å². The number of hydrogen-bond acceptors (Lipinski definition) is 5. The van der Waals surface area contributed by atoms with Crippen LogP contribution in [0.4, 0.5) is 11.4 Å². The van der Waals surface area contributed by atoms with Crippen LogP contribution in [0.2, 0.25) is 5.32 Å². The second kappa shape index (κ2) is 9.42. The van der Waals surface area contributed by atoms with E-state index in [1.54, 1.807) is 24.3 Å². The predicted octanol–water partition coefficient (Wildman–Crippen LogP) is 1.80. The van der Waals surface area contributed by atoms with Crippen molar-refractivity contribution in [3.8, 4) is 0 Å². The predicted molar refractivity (Wildman–Crippen MR) is 99.5 cm³/mol. The number of rotatable bonds is 8. The summed E-state index contributed by atoms with van der Waals surface area (Å²) in [5.74, 6) is -1.86. The van der Waals surface area contributed by atoms with Gasteiger partial charge in [-0.3, -0.25) is 0 Å². The van der Waals surface area contributed by atoms with Crippen LogP contribution < -0.4 is 9.78 Å². The third-order valence-corrected chi connectivity index (χ3v) is 5.39. The van der Waals surface area contributed by atoms with Gasteiger partial charge in [0.1, 0.15) is 0 Å². The van der Waals surface area contributed by atoms with Gasteiger partial charge in [0, 0.05) is 0 Å². The summed E-state index contributed by atoms with van der Waals surface area (Å²) in [6, 6.07) is 12.4. The number of carbonyl (C=O) groups is 3. The number of amides is 1. The molecule has 0 fully saturated rings. The standard InChI is InChI=1S/C18H14N2O6Se/c21-16(12-1-5-14(6-2-12)20(25)26)11-27-15-7-3-13(4-8-15)19-17(22)9-10-18(23)24/h1-10H,11H2,(H,19,22)(H,23,24)/b10-9-. The molecule has 0 radical (unpaired) electrons. The third kappa shape index (κ3) is 6.50. The molecule has 2 aromatic rings. The number of carboxylic acid groups (broad SMARTS) is 1. The summed E-state index contributed by atoms with van der Waals surface area (Å²) < 4.78 is 0.942. The van der Waals surface area contributed by atoms with Crippen molar-refractivity contribution >= 4 is 48.5 Å². The van der Waals surface area contributed by atoms with Gasteiger partial charge in [-0.15, -0.1) is 0 Å². The molecule has 0 aliphatic rings. The van der Waals surface area contributed by atoms with E-state index in [1.165, 1.54) is 24.3 Å². The van der Waals surface area contributed by atoms with Gasteiger partial charge < -0.3 is 0 Å². The minimum absolute atomic E-state index is 0.0621. The Morgan fingerprint density at radius 1 is 1.04 bits per heavy atom. The van der Waals surface area contributed by atoms with Gasteiger partial charge in [0.25, 0.3) is 0 Å². The quantitative estimate of drug-likeness (QED) is 0.215. The first-order valence-corrected chi connectivity index (χ1v) is 9.64. The average Bonchev–Trinajstić information content (AvgIpc) is 2.65. The molecule has 138 valence electrons. The molecule has 8 nitrogen and oxygen atoms in total. The van der Waals surface area contributed by atoms with Gasteiger partial charge in [-0.1, -0.05) is 0 Å². The van der Waals surface area contributed by atoms with Crippen molar-refractivity contribution in [2.45, 2.75) is 5.32 Å². The minimum atomic E-state index is -1.21. The van der Waals surface area contributed by atoms with Crippen molar-refractivity contribution in [3.05, 3.63) is 76.4 Å². The fourth-order valence-corrected chi connectivity index (χ4v) is 3.63. The van der Waals surface area contributed by atoms with Gasteiger partial charge in [0.2, 0.25) is 0 Å². The Morgan fingerprint density at radius 2 is 1.67 bits per heavy atom. The van der Waals surface area contributed by atoms with Crippen LogP contribution in [-0.4, -0.2) is 42.6 Å². The number of Topliss-reactive ketones (excluding diaryl/α,β-unsaturated/α-hetero) is 1. The first-order chi connectivity index (χ1) is 12.8. The Balaban J connectivity index is 1.89. The number of benzene rings is 2. The molecular weight excluding hydrogens is 419 g/mol. The molecule has 0 aliphatic heterocycles. The first-order valence-electron chi connectivity index (χ1n) is 7.57. The van der Waals surface area contributed by atoms with Gasteiger partial charge in [-0.25, -0.2) is 0 Å². The SMILES string of the molecule is O=C(O)/C=C\C(=O)Nc1ccc([Se]CC(=O)c2ccc([N+](=O)[O-])cc2)cc1. The van der Waals surface area contributed by atoms with Crippen LogP contribution in [0.5, 0.6) is 0 Å². The maximum atomic E-state index is 12.2. The molecule has 0 heterocycles. The van der Waals surface area contributed by atoms with Gasteiger partial charge in [-0.05, 0) is 0 Å². The molecule has 27 heavy (non-hydrogen) atoms. The first kappa shape index (κ1) is 20.0. The van der Waals surface area contributed by atoms with Crippen LogP contribution in [0.3, 0.4) is 0 Å². The summed E-state index contributed by atoms with van der Waals surface area (Å²) in [6.07, 6.45) is 1.67. The van der Waals surface area contributed by atoms with Crippen molar-refractivity contribution in [1.82, 2.24) is 0 Å². The van der Waals surface area contributed by atoms with E-state index in [9.17, 15) is 24.5 Å². The van der Waals surface area contributed by atoms with Gasteiger partial charge in [0.05, 0.1) is 0 Å². The number of hydrogen-bond donors (Lipinski definition) is 2. The Labute approximate surface area is 160 Å². The molecule has 0 saturated heterocycles. The number of ketones is 1. The second-order valence-corrected chi connectivity index (χ2v) is 7.40. The molecule has 9 heteroatoms. The molecule has 0 bridgehead atoms. The molecule has 0 spiro atoms. The molecule has 0 saturated carbocycles. The Morgan fingerprint density at radius 3 is 2.22 bits per heavy atom. The molecule has 0 atom stereocenters. The van der Waals surface area contributed by atoms with Gasteiger partial charge in [-0.2, -0.15) is 0 Å². The molecule has 1 amide bonds. The molecule has 2 aromatic carbocycles. The average molecular weight is 433 g/mol. The van der Waals surface area contributed by atoms with Crippen molar-refractivity contribution in [2.75, 3.05) is 5.32 Å². The summed E-state index contributed by atoms with van der Waals surface area (Å²) in [5.41, 5.74) is 0.876. The van der Waals surface area contributed by atoms with E-state index in [4.69, 9.17) is 5.11 Å². The van der Waals surface area contributed by atoms with Crippen LogP contribution in [0.15, 0.2) is 60.7 Å². The Hall–Kier alpha value is -3.29. The summed E-state index contributed by atoms with van der Waals surface area (Å²) in [4.78, 5) is 44.1. The summed E-state index contributed by atoms with van der Waals surface area (Å²) in [6.45, 7) is 0. The zero-order valence-corrected chi connectivity index (χ0v) is 15.5. The van der Waals surface area contributed by atoms with Crippen LogP contribution in [0.25, 0.3) is 0 Å². The monoisotopic (exact) mass is 434 g/mol. The zero-order chi connectivity index (χ0) is 19.8. The molecule has 2 N–H and O–H groups in total. The van der Waals surface area contributed by atoms with Crippen LogP contribution >= 0.6 is 0 Å². The number of anilines is 1. The van der Waals surface area contributed by atoms with Crippen LogP contribution in [0.1, 0.15) is 10.4 Å². The molecule has 0 aromatic heterocycles. The number of nitrogens with zero attached hydrogens (tertiary/aromatic N) is 1. The number of nitrogens with one attached hydrogen (secondary N) is 1. The molecule has 0 unspecified atom stereocenters. The number of carboxylic acids is 1. The fourth-order valence-electron chi connectivity index (χ4n) is 1.97. The number of non-ortho nitro benzene ring substituents is 1. The Bertz CT molecular complexity index is 891. The molecule has 0 aliphatic carbocycles. The van der Waals surface area contributed by atoms with E-state index in [0.29, 0.717) is 16.6 Å². The van der Waals surface area contributed by atoms with Gasteiger partial charge in [0.15, 0.2) is 0 Å². The zero-order valence-electron chi connectivity index (χ0n) is 13.8. The van der Waals surface area contributed by atoms with Crippen molar-refractivity contribution in [3.63, 3.8) is 0 Å². The third-order valence-electron chi connectivity index (χ3n) is 3.27. The summed E-state index contributed by atoms with van der Waals surface area (Å²) in [5, 5.41) is 21.9. The number of carbonyl (C=O) groups excluding carboxylic acids is 2. The summed E-state index contributed by atoms with van der Waals surface area (Å²) >= 11 is -0.134. The number of nitro groups is 1. The van der Waals surface area contributed by atoms with Crippen molar-refractivity contribution in [2.24, 2.45) is 0 Å². The molecule has 2 rings (SSSR count). The topological polar surface area (TPSA) is 127 Å². The summed E-state index contributed by atoms with van der Waals surface area (Å²) in [7, 11) is 0. The van der Waals surface area contributed by atoms with E-state index >= 15 is 0 Å². The number of nitro benzene ring substituents is 1. The van der Waals surface area contributed by atoms with Crippen LogP contribution in [0, 0.1) is 10.1 Å². The maximum absolute atomic E-state index is 12.2. The fraction of sp³-hybridized carbons (Fsp3) is 0.0556. The normalized spacial score (nSPS) is 10.5. The van der Waals surface area contributed by atoms with E-state index in [-0.39, 0.29) is 26.4 Å². The van der Waals surface area contributed by atoms with E-state index in [2.05, 4.69) is 5.32 Å². The van der Waals surface area contributed by atoms with E-state index in [1.807, 2.05) is 0 Å². The van der Waals surface area contributed by atoms with Crippen molar-refractivity contribution < 1.29 is 24.4 Å². The Kier molecular flexibility index (Phi) is 6.99. The number of aliphatic carboxylic acids is 1. The van der Waals surface area contributed by atoms with Crippen LogP contribution in [-0.2, 0) is 9.59 Å². The second-order valence-electron chi connectivity index (χ2n) is 5.20.